The Kier molecular flexibility index (Phi) is 4.44. The first kappa shape index (κ1) is 19.2. The Bertz CT molecular complexity index is 725. The average Bonchev–Trinajstić information content (AvgIpc) is 3.32. The van der Waals surface area contributed by atoms with E-state index in [1.165, 1.54) is 0 Å². The molecule has 0 spiro atoms. The van der Waals surface area contributed by atoms with Crippen LogP contribution < -0.4 is 0 Å². The maximum atomic E-state index is 12.7. The molecule has 0 aromatic rings. The molecule has 28 heavy (non-hydrogen) atoms. The van der Waals surface area contributed by atoms with Gasteiger partial charge in [-0.1, -0.05) is 6.58 Å². The molecule has 3 aliphatic heterocycles. The molecule has 7 nitrogen and oxygen atoms in total. The summed E-state index contributed by atoms with van der Waals surface area (Å²) in [6.45, 7) is 2.74. The number of rotatable bonds is 5. The van der Waals surface area contributed by atoms with Gasteiger partial charge in [-0.25, -0.2) is 4.79 Å². The highest BCUT2D eigenvalue weighted by molar-refractivity contribution is 5.89. The Balaban J connectivity index is 1.40. The lowest BCUT2D eigenvalue weighted by atomic mass is 9.88. The van der Waals surface area contributed by atoms with E-state index in [2.05, 4.69) is 6.58 Å². The lowest BCUT2D eigenvalue weighted by Crippen LogP contribution is -2.42. The second-order valence-corrected chi connectivity index (χ2v) is 7.77. The van der Waals surface area contributed by atoms with E-state index in [1.54, 1.807) is 0 Å². The first-order chi connectivity index (χ1) is 13.1. The number of halogens is 3. The minimum Gasteiger partial charge on any atom is -0.455 e. The van der Waals surface area contributed by atoms with Crippen LogP contribution in [0.4, 0.5) is 13.2 Å². The molecule has 0 aromatic carbocycles. The lowest BCUT2D eigenvalue weighted by Gasteiger charge is -2.30. The van der Waals surface area contributed by atoms with E-state index in [9.17, 15) is 27.6 Å². The van der Waals surface area contributed by atoms with E-state index in [0.29, 0.717) is 19.3 Å². The number of fused-ring (bicyclic) bond motifs is 1. The number of esters is 3. The zero-order valence-corrected chi connectivity index (χ0v) is 14.8. The fraction of sp³-hybridized carbons (Fsp3) is 0.722. The van der Waals surface area contributed by atoms with E-state index < -0.39 is 53.7 Å². The maximum absolute atomic E-state index is 12.7. The summed E-state index contributed by atoms with van der Waals surface area (Å²) in [6, 6.07) is 0. The smallest absolute Gasteiger partial charge is 0.422 e. The van der Waals surface area contributed by atoms with Gasteiger partial charge in [0.15, 0.2) is 12.2 Å². The maximum Gasteiger partial charge on any atom is 0.422 e. The Morgan fingerprint density at radius 1 is 1.21 bits per heavy atom. The van der Waals surface area contributed by atoms with Crippen LogP contribution in [-0.4, -0.2) is 54.1 Å². The molecule has 1 aliphatic carbocycles. The first-order valence-electron chi connectivity index (χ1n) is 9.14. The molecular formula is C18H19F3O7. The number of hydrogen-bond acceptors (Lipinski definition) is 7. The van der Waals surface area contributed by atoms with Gasteiger partial charge in [0.25, 0.3) is 0 Å². The summed E-state index contributed by atoms with van der Waals surface area (Å²) in [4.78, 5) is 36.1. The molecule has 5 atom stereocenters. The van der Waals surface area contributed by atoms with Crippen LogP contribution in [0.15, 0.2) is 12.2 Å². The molecule has 154 valence electrons. The van der Waals surface area contributed by atoms with Crippen LogP contribution >= 0.6 is 0 Å². The monoisotopic (exact) mass is 404 g/mol. The molecule has 4 fully saturated rings. The first-order valence-corrected chi connectivity index (χ1v) is 9.14. The number of carbonyl (C=O) groups excluding carboxylic acids is 3. The van der Waals surface area contributed by atoms with E-state index in [-0.39, 0.29) is 31.1 Å². The van der Waals surface area contributed by atoms with Gasteiger partial charge < -0.3 is 18.9 Å². The third kappa shape index (κ3) is 3.17. The van der Waals surface area contributed by atoms with Gasteiger partial charge in [-0.05, 0) is 32.1 Å². The molecule has 0 radical (unpaired) electrons. The summed E-state index contributed by atoms with van der Waals surface area (Å²) < 4.78 is 59.4. The van der Waals surface area contributed by atoms with Crippen LogP contribution in [0, 0.1) is 5.92 Å². The molecule has 3 heterocycles. The second kappa shape index (κ2) is 6.47. The van der Waals surface area contributed by atoms with Crippen molar-refractivity contribution in [2.45, 2.75) is 74.7 Å². The highest BCUT2D eigenvalue weighted by atomic mass is 19.4. The van der Waals surface area contributed by atoms with Crippen LogP contribution in [0.3, 0.4) is 0 Å². The van der Waals surface area contributed by atoms with Gasteiger partial charge in [0.2, 0.25) is 0 Å². The third-order valence-corrected chi connectivity index (χ3v) is 5.93. The van der Waals surface area contributed by atoms with Gasteiger partial charge in [-0.15, -0.1) is 0 Å². The molecule has 0 amide bonds. The summed E-state index contributed by atoms with van der Waals surface area (Å²) in [7, 11) is 0. The van der Waals surface area contributed by atoms with Crippen molar-refractivity contribution in [3.8, 4) is 0 Å². The largest absolute Gasteiger partial charge is 0.455 e. The molecule has 2 bridgehead atoms. The van der Waals surface area contributed by atoms with Gasteiger partial charge in [-0.2, -0.15) is 13.2 Å². The molecule has 10 heteroatoms. The quantitative estimate of drug-likeness (QED) is 0.393. The average molecular weight is 404 g/mol. The van der Waals surface area contributed by atoms with Gasteiger partial charge in [0, 0.05) is 0 Å². The van der Waals surface area contributed by atoms with Crippen molar-refractivity contribution in [1.29, 1.82) is 0 Å². The fourth-order valence-corrected chi connectivity index (χ4v) is 4.55. The van der Waals surface area contributed by atoms with Crippen LogP contribution in [0.25, 0.3) is 0 Å². The van der Waals surface area contributed by atoms with Crippen molar-refractivity contribution in [2.75, 3.05) is 0 Å². The van der Waals surface area contributed by atoms with E-state index in [0.717, 1.165) is 0 Å². The van der Waals surface area contributed by atoms with Gasteiger partial charge in [0.1, 0.15) is 17.3 Å². The van der Waals surface area contributed by atoms with Crippen molar-refractivity contribution < 1.29 is 46.5 Å². The summed E-state index contributed by atoms with van der Waals surface area (Å²) in [5.74, 6) is -3.02. The van der Waals surface area contributed by atoms with Gasteiger partial charge in [0.05, 0.1) is 18.4 Å². The highest BCUT2D eigenvalue weighted by Crippen LogP contribution is 2.48. The molecule has 3 saturated heterocycles. The minimum atomic E-state index is -4.90. The minimum absolute atomic E-state index is 0.257. The number of carbonyl (C=O) groups is 3. The van der Waals surface area contributed by atoms with E-state index in [4.69, 9.17) is 18.9 Å². The number of alkyl halides is 3. The molecule has 1 saturated carbocycles. The topological polar surface area (TPSA) is 88.1 Å². The summed E-state index contributed by atoms with van der Waals surface area (Å²) in [6.07, 6.45) is -5.42. The van der Waals surface area contributed by atoms with E-state index >= 15 is 0 Å². The molecule has 0 N–H and O–H groups in total. The standard InChI is InChI=1S/C18H19F3O7/c1-8(18(19,20)21)15(23)28-17(4-2-3-5-17)7-11(22)26-13-10-6-9-12(25-10)14(13)27-16(9)24/h9-10,12-14H,1-7H2. The summed E-state index contributed by atoms with van der Waals surface area (Å²) in [5, 5.41) is 0. The van der Waals surface area contributed by atoms with Gasteiger partial charge >= 0.3 is 24.1 Å². The van der Waals surface area contributed by atoms with Crippen LogP contribution in [-0.2, 0) is 33.3 Å². The third-order valence-electron chi connectivity index (χ3n) is 5.93. The van der Waals surface area contributed by atoms with Crippen molar-refractivity contribution in [2.24, 2.45) is 5.92 Å². The summed E-state index contributed by atoms with van der Waals surface area (Å²) in [5.41, 5.74) is -2.96. The van der Waals surface area contributed by atoms with Crippen LogP contribution in [0.5, 0.6) is 0 Å². The normalized spacial score (nSPS) is 35.0. The Morgan fingerprint density at radius 3 is 2.54 bits per heavy atom. The predicted octanol–water partition coefficient (Wildman–Crippen LogP) is 1.98. The zero-order valence-electron chi connectivity index (χ0n) is 14.8. The van der Waals surface area contributed by atoms with Crippen molar-refractivity contribution in [1.82, 2.24) is 0 Å². The molecular weight excluding hydrogens is 385 g/mol. The number of ether oxygens (including phenoxy) is 4. The van der Waals surface area contributed by atoms with Crippen molar-refractivity contribution >= 4 is 17.9 Å². The Labute approximate surface area is 158 Å². The fourth-order valence-electron chi connectivity index (χ4n) is 4.55. The Hall–Kier alpha value is -2.10. The molecule has 4 rings (SSSR count). The van der Waals surface area contributed by atoms with Crippen molar-refractivity contribution in [3.05, 3.63) is 12.2 Å². The summed E-state index contributed by atoms with van der Waals surface area (Å²) >= 11 is 0. The van der Waals surface area contributed by atoms with E-state index in [1.807, 2.05) is 0 Å². The van der Waals surface area contributed by atoms with Crippen LogP contribution in [0.2, 0.25) is 0 Å². The van der Waals surface area contributed by atoms with Crippen molar-refractivity contribution in [3.63, 3.8) is 0 Å². The highest BCUT2D eigenvalue weighted by Gasteiger charge is 2.65. The van der Waals surface area contributed by atoms with Crippen LogP contribution in [0.1, 0.15) is 38.5 Å². The SMILES string of the molecule is C=C(C(=O)OC1(CC(=O)OC2C3CC4C(=O)OC2C4O3)CCCC1)C(F)(F)F. The van der Waals surface area contributed by atoms with Gasteiger partial charge in [-0.3, -0.25) is 9.59 Å². The second-order valence-electron chi connectivity index (χ2n) is 7.77. The zero-order chi connectivity index (χ0) is 20.3. The molecule has 5 unspecified atom stereocenters. The molecule has 0 aromatic heterocycles. The Morgan fingerprint density at radius 2 is 1.89 bits per heavy atom. The molecule has 4 aliphatic rings. The predicted molar refractivity (Wildman–Crippen MR) is 83.6 cm³/mol. The number of hydrogen-bond donors (Lipinski definition) is 0. The lowest BCUT2D eigenvalue weighted by molar-refractivity contribution is -0.174.